The second-order valence-corrected chi connectivity index (χ2v) is 4.82. The van der Waals surface area contributed by atoms with Crippen LogP contribution in [-0.4, -0.2) is 34.0 Å². The average Bonchev–Trinajstić information content (AvgIpc) is 2.54. The maximum Gasteiger partial charge on any atom is 0.418 e. The van der Waals surface area contributed by atoms with Crippen LogP contribution in [0, 0.1) is 0 Å². The molecule has 3 N–H and O–H groups in total. The number of carbonyl (C=O) groups excluding carboxylic acids is 1. The van der Waals surface area contributed by atoms with E-state index in [0.717, 1.165) is 12.1 Å². The van der Waals surface area contributed by atoms with E-state index >= 15 is 0 Å². The molecule has 0 unspecified atom stereocenters. The fraction of sp³-hybridized carbons (Fsp3) is 0.267. The van der Waals surface area contributed by atoms with Gasteiger partial charge in [-0.2, -0.15) is 13.2 Å². The van der Waals surface area contributed by atoms with E-state index in [-0.39, 0.29) is 18.0 Å². The number of pyridine rings is 2. The first-order valence-corrected chi connectivity index (χ1v) is 6.99. The van der Waals surface area contributed by atoms with Crippen LogP contribution in [0.1, 0.15) is 28.0 Å². The molecule has 127 valence electrons. The van der Waals surface area contributed by atoms with Crippen molar-refractivity contribution in [2.24, 2.45) is 0 Å². The fourth-order valence-corrected chi connectivity index (χ4v) is 1.97. The Hall–Kier alpha value is -2.68. The lowest BCUT2D eigenvalue weighted by atomic mass is 10.0. The van der Waals surface area contributed by atoms with Gasteiger partial charge in [0.1, 0.15) is 11.5 Å². The topological polar surface area (TPSA) is 98.9 Å². The van der Waals surface area contributed by atoms with Crippen LogP contribution in [0.25, 0.3) is 0 Å². The standard InChI is InChI=1S/C15H14F3N4O2/c16-15(17,18)10-4-5-11(20-7-2-8-23)22-12(10)13(24)9-3-1-6-21-14(9)19/h1,3-6,19,23H,2,7-8H2,(H,20,22). The zero-order chi connectivity index (χ0) is 17.7. The Labute approximate surface area is 135 Å². The van der Waals surface area contributed by atoms with E-state index in [0.29, 0.717) is 13.0 Å². The predicted molar refractivity (Wildman–Crippen MR) is 79.9 cm³/mol. The number of anilines is 1. The predicted octanol–water partition coefficient (Wildman–Crippen LogP) is 2.44. The second-order valence-electron chi connectivity index (χ2n) is 4.82. The number of halogens is 3. The Morgan fingerprint density at radius 1 is 1.29 bits per heavy atom. The van der Waals surface area contributed by atoms with Crippen molar-refractivity contribution >= 4 is 17.4 Å². The molecule has 0 saturated heterocycles. The van der Waals surface area contributed by atoms with Crippen LogP contribution in [0.2, 0.25) is 0 Å². The Bertz CT molecular complexity index is 735. The van der Waals surface area contributed by atoms with E-state index in [2.05, 4.69) is 15.3 Å². The molecule has 0 fully saturated rings. The molecule has 1 radical (unpaired) electrons. The van der Waals surface area contributed by atoms with Gasteiger partial charge in [-0.1, -0.05) is 0 Å². The summed E-state index contributed by atoms with van der Waals surface area (Å²) < 4.78 is 39.5. The van der Waals surface area contributed by atoms with Gasteiger partial charge in [-0.05, 0) is 30.7 Å². The SMILES string of the molecule is [NH]c1ncccc1C(=O)c1nc(NCCCO)ccc1C(F)(F)F. The molecule has 0 saturated carbocycles. The van der Waals surface area contributed by atoms with E-state index in [1.807, 2.05) is 0 Å². The highest BCUT2D eigenvalue weighted by Crippen LogP contribution is 2.33. The number of alkyl halides is 3. The summed E-state index contributed by atoms with van der Waals surface area (Å²) in [7, 11) is 0. The van der Waals surface area contributed by atoms with Gasteiger partial charge in [-0.15, -0.1) is 0 Å². The van der Waals surface area contributed by atoms with Gasteiger partial charge in [0, 0.05) is 19.3 Å². The molecule has 0 bridgehead atoms. The van der Waals surface area contributed by atoms with E-state index in [1.165, 1.54) is 18.3 Å². The summed E-state index contributed by atoms with van der Waals surface area (Å²) in [4.78, 5) is 19.8. The van der Waals surface area contributed by atoms with E-state index in [1.54, 1.807) is 0 Å². The molecule has 2 aromatic rings. The lowest BCUT2D eigenvalue weighted by Crippen LogP contribution is -2.18. The van der Waals surface area contributed by atoms with Gasteiger partial charge < -0.3 is 10.4 Å². The molecule has 0 aliphatic rings. The molecule has 24 heavy (non-hydrogen) atoms. The van der Waals surface area contributed by atoms with Crippen molar-refractivity contribution in [3.63, 3.8) is 0 Å². The molecule has 2 aromatic heterocycles. The Kier molecular flexibility index (Phi) is 5.35. The molecule has 0 atom stereocenters. The maximum absolute atomic E-state index is 13.2. The number of ketones is 1. The molecule has 0 spiro atoms. The molecule has 9 heteroatoms. The number of hydrogen-bond acceptors (Lipinski definition) is 5. The van der Waals surface area contributed by atoms with Crippen molar-refractivity contribution in [2.45, 2.75) is 12.6 Å². The third kappa shape index (κ3) is 3.99. The molecule has 0 aromatic carbocycles. The summed E-state index contributed by atoms with van der Waals surface area (Å²) >= 11 is 0. The molecule has 6 nitrogen and oxygen atoms in total. The second kappa shape index (κ2) is 7.26. The minimum Gasteiger partial charge on any atom is -0.396 e. The van der Waals surface area contributed by atoms with Crippen LogP contribution in [0.4, 0.5) is 24.8 Å². The Balaban J connectivity index is 2.46. The quantitative estimate of drug-likeness (QED) is 0.622. The minimum atomic E-state index is -4.76. The summed E-state index contributed by atoms with van der Waals surface area (Å²) in [5, 5.41) is 11.5. The van der Waals surface area contributed by atoms with Crippen LogP contribution in [0.15, 0.2) is 30.5 Å². The van der Waals surface area contributed by atoms with Crippen LogP contribution in [0.3, 0.4) is 0 Å². The van der Waals surface area contributed by atoms with Gasteiger partial charge in [-0.3, -0.25) is 10.5 Å². The lowest BCUT2D eigenvalue weighted by Gasteiger charge is -2.14. The van der Waals surface area contributed by atoms with E-state index in [9.17, 15) is 18.0 Å². The summed E-state index contributed by atoms with van der Waals surface area (Å²) in [6.07, 6.45) is -3.11. The number of nitrogens with zero attached hydrogens (tertiary/aromatic N) is 2. The molecule has 2 heterocycles. The molecular formula is C15H14F3N4O2. The maximum atomic E-state index is 13.2. The van der Waals surface area contributed by atoms with Gasteiger partial charge in [0.2, 0.25) is 5.78 Å². The number of aliphatic hydroxyl groups excluding tert-OH is 1. The fourth-order valence-electron chi connectivity index (χ4n) is 1.97. The number of rotatable bonds is 6. The number of nitrogens with one attached hydrogen (secondary N) is 2. The van der Waals surface area contributed by atoms with Crippen LogP contribution in [0.5, 0.6) is 0 Å². The van der Waals surface area contributed by atoms with Crippen LogP contribution >= 0.6 is 0 Å². The van der Waals surface area contributed by atoms with Gasteiger partial charge in [0.25, 0.3) is 0 Å². The first kappa shape index (κ1) is 17.7. The normalized spacial score (nSPS) is 11.3. The highest BCUT2D eigenvalue weighted by molar-refractivity contribution is 6.11. The highest BCUT2D eigenvalue weighted by atomic mass is 19.4. The Morgan fingerprint density at radius 2 is 2.04 bits per heavy atom. The number of aliphatic hydroxyl groups is 1. The van der Waals surface area contributed by atoms with Crippen molar-refractivity contribution in [1.29, 1.82) is 0 Å². The number of carbonyl (C=O) groups is 1. The molecule has 0 aliphatic carbocycles. The summed E-state index contributed by atoms with van der Waals surface area (Å²) in [5.41, 5.74) is 5.35. The lowest BCUT2D eigenvalue weighted by molar-refractivity contribution is -0.138. The highest BCUT2D eigenvalue weighted by Gasteiger charge is 2.37. The number of hydrogen-bond donors (Lipinski definition) is 2. The summed E-state index contributed by atoms with van der Waals surface area (Å²) in [6, 6.07) is 4.47. The third-order valence-corrected chi connectivity index (χ3v) is 3.11. The molecular weight excluding hydrogens is 325 g/mol. The largest absolute Gasteiger partial charge is 0.418 e. The smallest absolute Gasteiger partial charge is 0.396 e. The van der Waals surface area contributed by atoms with Crippen molar-refractivity contribution < 1.29 is 23.1 Å². The monoisotopic (exact) mass is 339 g/mol. The van der Waals surface area contributed by atoms with Crippen molar-refractivity contribution in [2.75, 3.05) is 18.5 Å². The average molecular weight is 339 g/mol. The zero-order valence-electron chi connectivity index (χ0n) is 12.4. The van der Waals surface area contributed by atoms with E-state index < -0.39 is 29.0 Å². The molecule has 0 aliphatic heterocycles. The minimum absolute atomic E-state index is 0.0789. The van der Waals surface area contributed by atoms with E-state index in [4.69, 9.17) is 10.8 Å². The van der Waals surface area contributed by atoms with Crippen LogP contribution in [-0.2, 0) is 6.18 Å². The van der Waals surface area contributed by atoms with Gasteiger partial charge in [-0.25, -0.2) is 9.97 Å². The number of aromatic nitrogens is 2. The zero-order valence-corrected chi connectivity index (χ0v) is 12.4. The molecule has 0 amide bonds. The molecule has 2 rings (SSSR count). The van der Waals surface area contributed by atoms with Crippen molar-refractivity contribution in [3.8, 4) is 0 Å². The summed E-state index contributed by atoms with van der Waals surface area (Å²) in [6.45, 7) is 0.205. The van der Waals surface area contributed by atoms with Gasteiger partial charge >= 0.3 is 6.18 Å². The van der Waals surface area contributed by atoms with Crippen LogP contribution < -0.4 is 11.1 Å². The van der Waals surface area contributed by atoms with Gasteiger partial charge in [0.15, 0.2) is 5.82 Å². The third-order valence-electron chi connectivity index (χ3n) is 3.11. The first-order chi connectivity index (χ1) is 11.3. The first-order valence-electron chi connectivity index (χ1n) is 6.99. The van der Waals surface area contributed by atoms with Crippen molar-refractivity contribution in [1.82, 2.24) is 15.7 Å². The Morgan fingerprint density at radius 3 is 2.67 bits per heavy atom. The van der Waals surface area contributed by atoms with Crippen molar-refractivity contribution in [3.05, 3.63) is 47.3 Å². The van der Waals surface area contributed by atoms with Gasteiger partial charge in [0.05, 0.1) is 11.1 Å². The summed E-state index contributed by atoms with van der Waals surface area (Å²) in [5.74, 6) is -1.36.